The van der Waals surface area contributed by atoms with E-state index >= 15 is 0 Å². The number of carbonyl (C=O) groups excluding carboxylic acids is 1. The number of benzene rings is 1. The van der Waals surface area contributed by atoms with E-state index in [1.165, 1.54) is 24.3 Å². The molecule has 30 heavy (non-hydrogen) atoms. The zero-order valence-corrected chi connectivity index (χ0v) is 18.6. The Morgan fingerprint density at radius 3 is 2.73 bits per heavy atom. The van der Waals surface area contributed by atoms with Gasteiger partial charge < -0.3 is 9.47 Å². The van der Waals surface area contributed by atoms with Crippen molar-refractivity contribution in [2.24, 2.45) is 0 Å². The molecule has 0 spiro atoms. The third-order valence-corrected chi connectivity index (χ3v) is 5.71. The number of halogens is 2. The molecule has 0 aliphatic heterocycles. The molecule has 2 aromatic rings. The van der Waals surface area contributed by atoms with E-state index in [1.54, 1.807) is 28.6 Å². The summed E-state index contributed by atoms with van der Waals surface area (Å²) < 4.78 is 37.3. The van der Waals surface area contributed by atoms with Crippen LogP contribution in [0.3, 0.4) is 0 Å². The SMILES string of the molecule is CCOc1cc(CN(C)Cn2nc(N(C(C)=O)C3CC3)sc2=S)ccc1OC(F)F. The van der Waals surface area contributed by atoms with Crippen molar-refractivity contribution in [3.8, 4) is 11.5 Å². The van der Waals surface area contributed by atoms with Crippen LogP contribution in [-0.2, 0) is 18.0 Å². The highest BCUT2D eigenvalue weighted by Crippen LogP contribution is 2.33. The van der Waals surface area contributed by atoms with Crippen LogP contribution in [-0.4, -0.2) is 46.9 Å². The lowest BCUT2D eigenvalue weighted by atomic mass is 10.2. The van der Waals surface area contributed by atoms with Gasteiger partial charge in [0.15, 0.2) is 15.5 Å². The minimum absolute atomic E-state index is 0.00835. The molecule has 1 aliphatic carbocycles. The van der Waals surface area contributed by atoms with Gasteiger partial charge in [-0.15, -0.1) is 5.10 Å². The van der Waals surface area contributed by atoms with E-state index in [0.717, 1.165) is 18.4 Å². The lowest BCUT2D eigenvalue weighted by Crippen LogP contribution is -2.31. The van der Waals surface area contributed by atoms with Gasteiger partial charge in [0.2, 0.25) is 11.0 Å². The standard InChI is InChI=1S/C19H24F2N4O3S2/c1-4-27-16-9-13(5-8-15(16)28-17(20)21)10-23(3)11-24-19(29)30-18(22-24)25(12(2)26)14-6-7-14/h5,8-9,14,17H,4,6-7,10-11H2,1-3H3. The van der Waals surface area contributed by atoms with Crippen molar-refractivity contribution < 1.29 is 23.0 Å². The number of anilines is 1. The monoisotopic (exact) mass is 458 g/mol. The number of rotatable bonds is 10. The van der Waals surface area contributed by atoms with E-state index < -0.39 is 6.61 Å². The number of ether oxygens (including phenoxy) is 2. The first kappa shape index (κ1) is 22.6. The van der Waals surface area contributed by atoms with E-state index in [9.17, 15) is 13.6 Å². The van der Waals surface area contributed by atoms with Crippen LogP contribution >= 0.6 is 23.6 Å². The fourth-order valence-corrected chi connectivity index (χ4v) is 4.26. The van der Waals surface area contributed by atoms with Crippen LogP contribution in [0, 0.1) is 3.95 Å². The van der Waals surface area contributed by atoms with Gasteiger partial charge in [-0.1, -0.05) is 17.4 Å². The number of hydrogen-bond donors (Lipinski definition) is 0. The molecule has 0 N–H and O–H groups in total. The van der Waals surface area contributed by atoms with E-state index in [-0.39, 0.29) is 23.4 Å². The number of alkyl halides is 2. The van der Waals surface area contributed by atoms with Crippen LogP contribution in [0.15, 0.2) is 18.2 Å². The largest absolute Gasteiger partial charge is 0.490 e. The summed E-state index contributed by atoms with van der Waals surface area (Å²) >= 11 is 6.75. The van der Waals surface area contributed by atoms with Crippen molar-refractivity contribution in [2.75, 3.05) is 18.6 Å². The molecule has 1 aromatic heterocycles. The van der Waals surface area contributed by atoms with Crippen LogP contribution in [0.5, 0.6) is 11.5 Å². The van der Waals surface area contributed by atoms with Crippen molar-refractivity contribution in [2.45, 2.75) is 52.6 Å². The quantitative estimate of drug-likeness (QED) is 0.496. The van der Waals surface area contributed by atoms with Crippen molar-refractivity contribution in [3.63, 3.8) is 0 Å². The van der Waals surface area contributed by atoms with Crippen LogP contribution in [0.1, 0.15) is 32.3 Å². The summed E-state index contributed by atoms with van der Waals surface area (Å²) in [5.41, 5.74) is 0.868. The Morgan fingerprint density at radius 1 is 1.40 bits per heavy atom. The molecule has 1 aliphatic rings. The summed E-state index contributed by atoms with van der Waals surface area (Å²) in [6.45, 7) is 1.68. The van der Waals surface area contributed by atoms with E-state index in [1.807, 2.05) is 11.9 Å². The predicted octanol–water partition coefficient (Wildman–Crippen LogP) is 4.28. The summed E-state index contributed by atoms with van der Waals surface area (Å²) in [5.74, 6) is 0.253. The molecular weight excluding hydrogens is 434 g/mol. The highest BCUT2D eigenvalue weighted by Gasteiger charge is 2.34. The van der Waals surface area contributed by atoms with Gasteiger partial charge in [-0.3, -0.25) is 14.6 Å². The predicted molar refractivity (Wildman–Crippen MR) is 113 cm³/mol. The van der Waals surface area contributed by atoms with Gasteiger partial charge in [-0.25, -0.2) is 4.68 Å². The Kier molecular flexibility index (Phi) is 7.37. The third-order valence-electron chi connectivity index (χ3n) is 4.40. The van der Waals surface area contributed by atoms with Crippen molar-refractivity contribution in [3.05, 3.63) is 27.7 Å². The van der Waals surface area contributed by atoms with E-state index in [0.29, 0.717) is 28.9 Å². The maximum Gasteiger partial charge on any atom is 0.387 e. The fourth-order valence-electron chi connectivity index (χ4n) is 3.07. The summed E-state index contributed by atoms with van der Waals surface area (Å²) in [5, 5.41) is 5.16. The first-order valence-electron chi connectivity index (χ1n) is 9.55. The summed E-state index contributed by atoms with van der Waals surface area (Å²) in [6, 6.07) is 5.11. The molecule has 0 atom stereocenters. The number of hydrogen-bond acceptors (Lipinski definition) is 7. The maximum atomic E-state index is 12.6. The minimum Gasteiger partial charge on any atom is -0.490 e. The Hall–Kier alpha value is -2.11. The second kappa shape index (κ2) is 9.80. The molecule has 1 amide bonds. The summed E-state index contributed by atoms with van der Waals surface area (Å²) in [4.78, 5) is 15.7. The first-order valence-corrected chi connectivity index (χ1v) is 10.8. The van der Waals surface area contributed by atoms with Gasteiger partial charge in [0.05, 0.1) is 13.3 Å². The molecule has 0 unspecified atom stereocenters. The number of aromatic nitrogens is 2. The molecule has 7 nitrogen and oxygen atoms in total. The average molecular weight is 459 g/mol. The molecule has 0 radical (unpaired) electrons. The van der Waals surface area contributed by atoms with E-state index in [4.69, 9.17) is 17.0 Å². The van der Waals surface area contributed by atoms with Crippen LogP contribution in [0.2, 0.25) is 0 Å². The van der Waals surface area contributed by atoms with Crippen LogP contribution in [0.25, 0.3) is 0 Å². The second-order valence-corrected chi connectivity index (χ2v) is 8.62. The van der Waals surface area contributed by atoms with Gasteiger partial charge in [0, 0.05) is 19.5 Å². The van der Waals surface area contributed by atoms with Crippen LogP contribution < -0.4 is 14.4 Å². The van der Waals surface area contributed by atoms with Gasteiger partial charge in [0.25, 0.3) is 0 Å². The van der Waals surface area contributed by atoms with Gasteiger partial charge >= 0.3 is 6.61 Å². The summed E-state index contributed by atoms with van der Waals surface area (Å²) in [6.07, 6.45) is 1.97. The maximum absolute atomic E-state index is 12.6. The molecule has 0 bridgehead atoms. The molecule has 3 rings (SSSR count). The molecule has 164 valence electrons. The average Bonchev–Trinajstić information content (AvgIpc) is 3.41. The topological polar surface area (TPSA) is 59.8 Å². The molecule has 1 aromatic carbocycles. The fraction of sp³-hybridized carbons (Fsp3) is 0.526. The zero-order chi connectivity index (χ0) is 21.8. The Bertz CT molecular complexity index is 946. The first-order chi connectivity index (χ1) is 14.3. The lowest BCUT2D eigenvalue weighted by molar-refractivity contribution is -0.116. The van der Waals surface area contributed by atoms with Crippen molar-refractivity contribution in [1.82, 2.24) is 14.7 Å². The van der Waals surface area contributed by atoms with E-state index in [2.05, 4.69) is 9.84 Å². The second-order valence-electron chi connectivity index (χ2n) is 7.02. The van der Waals surface area contributed by atoms with Gasteiger partial charge in [-0.05, 0) is 56.7 Å². The van der Waals surface area contributed by atoms with Gasteiger partial charge in [0.1, 0.15) is 0 Å². The van der Waals surface area contributed by atoms with Crippen LogP contribution in [0.4, 0.5) is 13.9 Å². The van der Waals surface area contributed by atoms with Crippen molar-refractivity contribution >= 4 is 34.6 Å². The molecule has 0 saturated heterocycles. The van der Waals surface area contributed by atoms with Gasteiger partial charge in [-0.2, -0.15) is 8.78 Å². The normalized spacial score (nSPS) is 13.7. The smallest absolute Gasteiger partial charge is 0.387 e. The molecular formula is C19H24F2N4O3S2. The Balaban J connectivity index is 1.69. The number of amides is 1. The van der Waals surface area contributed by atoms with Crippen molar-refractivity contribution in [1.29, 1.82) is 0 Å². The molecule has 1 saturated carbocycles. The minimum atomic E-state index is -2.91. The molecule has 1 heterocycles. The number of carbonyl (C=O) groups is 1. The Labute approximate surface area is 182 Å². The third kappa shape index (κ3) is 5.73. The molecule has 11 heteroatoms. The molecule has 1 fully saturated rings. The highest BCUT2D eigenvalue weighted by atomic mass is 32.1. The summed E-state index contributed by atoms with van der Waals surface area (Å²) in [7, 11) is 1.90. The Morgan fingerprint density at radius 2 is 2.13 bits per heavy atom. The zero-order valence-electron chi connectivity index (χ0n) is 17.0. The number of nitrogens with zero attached hydrogens (tertiary/aromatic N) is 4. The highest BCUT2D eigenvalue weighted by molar-refractivity contribution is 7.73. The lowest BCUT2D eigenvalue weighted by Gasteiger charge is -2.19.